The van der Waals surface area contributed by atoms with Gasteiger partial charge in [-0.15, -0.1) is 0 Å². The molecule has 80 valence electrons. The molecule has 1 N–H and O–H groups in total. The predicted octanol–water partition coefficient (Wildman–Crippen LogP) is 2.48. The highest BCUT2D eigenvalue weighted by atomic mass is 16.4. The van der Waals surface area contributed by atoms with Crippen molar-refractivity contribution < 1.29 is 10.0 Å². The fourth-order valence-corrected chi connectivity index (χ4v) is 2.13. The van der Waals surface area contributed by atoms with Gasteiger partial charge in [0.05, 0.1) is 11.6 Å². The van der Waals surface area contributed by atoms with Crippen molar-refractivity contribution in [1.29, 1.82) is 0 Å². The Morgan fingerprint density at radius 2 is 2.14 bits per heavy atom. The lowest BCUT2D eigenvalue weighted by Gasteiger charge is -2.27. The van der Waals surface area contributed by atoms with E-state index in [1.165, 1.54) is 0 Å². The van der Waals surface area contributed by atoms with Gasteiger partial charge in [-0.2, -0.15) is 0 Å². The minimum absolute atomic E-state index is 0.0297. The third-order valence-electron chi connectivity index (χ3n) is 3.02. The Morgan fingerprint density at radius 3 is 2.64 bits per heavy atom. The molecule has 0 radical (unpaired) electrons. The molecule has 1 aliphatic carbocycles. The van der Waals surface area contributed by atoms with E-state index < -0.39 is 0 Å². The summed E-state index contributed by atoms with van der Waals surface area (Å²) in [6.07, 6.45) is 2.94. The smallest absolute Gasteiger partial charge is 0.144 e. The lowest BCUT2D eigenvalue weighted by Crippen LogP contribution is -2.34. The average Bonchev–Trinajstić information content (AvgIpc) is 2.16. The maximum Gasteiger partial charge on any atom is 0.144 e. The zero-order valence-corrected chi connectivity index (χ0v) is 9.16. The van der Waals surface area contributed by atoms with Crippen LogP contribution in [0.25, 0.3) is 0 Å². The summed E-state index contributed by atoms with van der Waals surface area (Å²) in [4.78, 5) is 11.8. The van der Waals surface area contributed by atoms with E-state index in [2.05, 4.69) is 5.16 Å². The van der Waals surface area contributed by atoms with Gasteiger partial charge >= 0.3 is 0 Å². The van der Waals surface area contributed by atoms with Gasteiger partial charge < -0.3 is 5.21 Å². The number of rotatable bonds is 2. The minimum atomic E-state index is -0.135. The third-order valence-corrected chi connectivity index (χ3v) is 3.02. The van der Waals surface area contributed by atoms with Crippen LogP contribution >= 0.6 is 0 Å². The number of ketones is 1. The molecule has 0 heterocycles. The SMILES string of the molecule is CC(C)C(=O)C1CCCC(C)/C1=N/O. The summed E-state index contributed by atoms with van der Waals surface area (Å²) in [6.45, 7) is 5.82. The molecular weight excluding hydrogens is 178 g/mol. The number of Topliss-reactive ketones (excluding diaryl/α,β-unsaturated/α-hetero) is 1. The molecule has 1 aliphatic rings. The minimum Gasteiger partial charge on any atom is -0.411 e. The second-order valence-electron chi connectivity index (χ2n) is 4.47. The molecule has 0 spiro atoms. The van der Waals surface area contributed by atoms with Crippen molar-refractivity contribution in [3.8, 4) is 0 Å². The lowest BCUT2D eigenvalue weighted by atomic mass is 9.76. The van der Waals surface area contributed by atoms with Gasteiger partial charge in [0.15, 0.2) is 0 Å². The molecule has 0 saturated heterocycles. The number of oxime groups is 1. The fourth-order valence-electron chi connectivity index (χ4n) is 2.13. The molecule has 3 nitrogen and oxygen atoms in total. The summed E-state index contributed by atoms with van der Waals surface area (Å²) in [6, 6.07) is 0. The maximum atomic E-state index is 11.8. The second-order valence-corrected chi connectivity index (χ2v) is 4.47. The largest absolute Gasteiger partial charge is 0.411 e. The first-order valence-electron chi connectivity index (χ1n) is 5.33. The fraction of sp³-hybridized carbons (Fsp3) is 0.818. The second kappa shape index (κ2) is 4.58. The Labute approximate surface area is 85.2 Å². The molecule has 0 aromatic carbocycles. The van der Waals surface area contributed by atoms with Crippen LogP contribution in [0.3, 0.4) is 0 Å². The van der Waals surface area contributed by atoms with Crippen molar-refractivity contribution in [1.82, 2.24) is 0 Å². The molecule has 0 amide bonds. The maximum absolute atomic E-state index is 11.8. The molecule has 1 rings (SSSR count). The van der Waals surface area contributed by atoms with Crippen LogP contribution < -0.4 is 0 Å². The predicted molar refractivity (Wildman–Crippen MR) is 55.6 cm³/mol. The highest BCUT2D eigenvalue weighted by Crippen LogP contribution is 2.28. The van der Waals surface area contributed by atoms with E-state index >= 15 is 0 Å². The Bertz CT molecular complexity index is 246. The molecule has 1 saturated carbocycles. The normalized spacial score (nSPS) is 31.0. The zero-order valence-electron chi connectivity index (χ0n) is 9.16. The van der Waals surface area contributed by atoms with Crippen LogP contribution in [0.4, 0.5) is 0 Å². The van der Waals surface area contributed by atoms with Crippen LogP contribution in [0.5, 0.6) is 0 Å². The number of hydrogen-bond donors (Lipinski definition) is 1. The summed E-state index contributed by atoms with van der Waals surface area (Å²) >= 11 is 0. The molecule has 2 unspecified atom stereocenters. The molecule has 3 heteroatoms. The number of hydrogen-bond acceptors (Lipinski definition) is 3. The van der Waals surface area contributed by atoms with Crippen molar-refractivity contribution in [2.75, 3.05) is 0 Å². The molecule has 0 aromatic heterocycles. The Morgan fingerprint density at radius 1 is 1.50 bits per heavy atom. The van der Waals surface area contributed by atoms with E-state index in [1.54, 1.807) is 0 Å². The van der Waals surface area contributed by atoms with Crippen molar-refractivity contribution in [3.05, 3.63) is 0 Å². The summed E-state index contributed by atoms with van der Waals surface area (Å²) in [5.41, 5.74) is 0.690. The van der Waals surface area contributed by atoms with Gasteiger partial charge in [-0.25, -0.2) is 0 Å². The first-order valence-corrected chi connectivity index (χ1v) is 5.33. The first-order chi connectivity index (χ1) is 6.57. The van der Waals surface area contributed by atoms with Crippen molar-refractivity contribution in [3.63, 3.8) is 0 Å². The van der Waals surface area contributed by atoms with Crippen LogP contribution in [0.1, 0.15) is 40.0 Å². The van der Waals surface area contributed by atoms with Gasteiger partial charge in [0.2, 0.25) is 0 Å². The molecule has 0 aromatic rings. The van der Waals surface area contributed by atoms with Gasteiger partial charge in [-0.3, -0.25) is 4.79 Å². The van der Waals surface area contributed by atoms with Crippen LogP contribution in [-0.2, 0) is 4.79 Å². The summed E-state index contributed by atoms with van der Waals surface area (Å²) < 4.78 is 0. The van der Waals surface area contributed by atoms with Gasteiger partial charge in [0.1, 0.15) is 5.78 Å². The summed E-state index contributed by atoms with van der Waals surface area (Å²) in [7, 11) is 0. The number of carbonyl (C=O) groups is 1. The van der Waals surface area contributed by atoms with E-state index in [9.17, 15) is 4.79 Å². The van der Waals surface area contributed by atoms with Crippen LogP contribution in [0.15, 0.2) is 5.16 Å². The molecule has 1 fully saturated rings. The quantitative estimate of drug-likeness (QED) is 0.546. The van der Waals surface area contributed by atoms with Crippen molar-refractivity contribution in [2.45, 2.75) is 40.0 Å². The Balaban J connectivity index is 2.81. The first kappa shape index (κ1) is 11.2. The Kier molecular flexibility index (Phi) is 3.67. The highest BCUT2D eigenvalue weighted by molar-refractivity contribution is 6.06. The Hall–Kier alpha value is -0.860. The van der Waals surface area contributed by atoms with Gasteiger partial charge in [0, 0.05) is 5.92 Å². The zero-order chi connectivity index (χ0) is 10.7. The molecule has 14 heavy (non-hydrogen) atoms. The average molecular weight is 197 g/mol. The number of carbonyl (C=O) groups excluding carboxylic acids is 1. The molecule has 0 bridgehead atoms. The summed E-state index contributed by atoms with van der Waals surface area (Å²) in [5.74, 6) is 0.358. The monoisotopic (exact) mass is 197 g/mol. The van der Waals surface area contributed by atoms with E-state index in [4.69, 9.17) is 5.21 Å². The molecule has 0 aliphatic heterocycles. The van der Waals surface area contributed by atoms with E-state index in [0.29, 0.717) is 5.71 Å². The topological polar surface area (TPSA) is 49.7 Å². The summed E-state index contributed by atoms with van der Waals surface area (Å²) in [5, 5.41) is 12.2. The highest BCUT2D eigenvalue weighted by Gasteiger charge is 2.32. The number of nitrogens with zero attached hydrogens (tertiary/aromatic N) is 1. The van der Waals surface area contributed by atoms with E-state index in [-0.39, 0.29) is 23.5 Å². The van der Waals surface area contributed by atoms with E-state index in [0.717, 1.165) is 19.3 Å². The van der Waals surface area contributed by atoms with Gasteiger partial charge in [-0.1, -0.05) is 32.3 Å². The van der Waals surface area contributed by atoms with E-state index in [1.807, 2.05) is 20.8 Å². The van der Waals surface area contributed by atoms with Crippen LogP contribution in [-0.4, -0.2) is 16.7 Å². The van der Waals surface area contributed by atoms with Gasteiger partial charge in [0.25, 0.3) is 0 Å². The third kappa shape index (κ3) is 2.14. The molecule has 2 atom stereocenters. The van der Waals surface area contributed by atoms with Crippen LogP contribution in [0, 0.1) is 17.8 Å². The lowest BCUT2D eigenvalue weighted by molar-refractivity contribution is -0.124. The van der Waals surface area contributed by atoms with Crippen molar-refractivity contribution >= 4 is 11.5 Å². The standard InChI is InChI=1S/C11H19NO2/c1-7(2)11(13)9-6-4-5-8(3)10(9)12-14/h7-9,14H,4-6H2,1-3H3/b12-10-. The van der Waals surface area contributed by atoms with Crippen LogP contribution in [0.2, 0.25) is 0 Å². The molecular formula is C11H19NO2. The van der Waals surface area contributed by atoms with Gasteiger partial charge in [-0.05, 0) is 18.8 Å². The van der Waals surface area contributed by atoms with Crippen molar-refractivity contribution in [2.24, 2.45) is 22.9 Å².